The van der Waals surface area contributed by atoms with Gasteiger partial charge in [-0.1, -0.05) is 48.5 Å². The van der Waals surface area contributed by atoms with E-state index in [0.717, 1.165) is 11.3 Å². The molecule has 0 saturated carbocycles. The summed E-state index contributed by atoms with van der Waals surface area (Å²) >= 11 is 0. The normalized spacial score (nSPS) is 15.6. The van der Waals surface area contributed by atoms with Gasteiger partial charge in [0.15, 0.2) is 0 Å². The third-order valence-corrected chi connectivity index (χ3v) is 5.13. The predicted octanol–water partition coefficient (Wildman–Crippen LogP) is 4.04. The van der Waals surface area contributed by atoms with Crippen LogP contribution in [0.5, 0.6) is 0 Å². The van der Waals surface area contributed by atoms with Crippen molar-refractivity contribution < 1.29 is 9.59 Å². The van der Waals surface area contributed by atoms with Crippen LogP contribution < -0.4 is 16.1 Å². The topological polar surface area (TPSA) is 87.8 Å². The Bertz CT molecular complexity index is 1110. The average Bonchev–Trinajstić information content (AvgIpc) is 3.20. The molecule has 4 rings (SSSR count). The molecule has 3 N–H and O–H groups in total. The summed E-state index contributed by atoms with van der Waals surface area (Å²) in [5.74, 6) is -0.754. The average molecular weight is 398 g/mol. The second-order valence-corrected chi connectivity index (χ2v) is 7.21. The van der Waals surface area contributed by atoms with E-state index in [-0.39, 0.29) is 11.9 Å². The molecule has 6 heteroatoms. The molecule has 0 radical (unpaired) electrons. The molecule has 0 spiro atoms. The summed E-state index contributed by atoms with van der Waals surface area (Å²) in [6, 6.07) is 24.8. The second-order valence-electron chi connectivity index (χ2n) is 7.21. The van der Waals surface area contributed by atoms with Crippen molar-refractivity contribution >= 4 is 28.9 Å². The molecule has 2 amide bonds. The largest absolute Gasteiger partial charge is 0.366 e. The summed E-state index contributed by atoms with van der Waals surface area (Å²) in [6.45, 7) is 1.78. The van der Waals surface area contributed by atoms with Gasteiger partial charge in [0, 0.05) is 17.7 Å². The Labute approximate surface area is 175 Å². The highest BCUT2D eigenvalue weighted by molar-refractivity contribution is 6.43. The Morgan fingerprint density at radius 3 is 2.30 bits per heavy atom. The lowest BCUT2D eigenvalue weighted by Gasteiger charge is -2.23. The van der Waals surface area contributed by atoms with Crippen molar-refractivity contribution in [2.45, 2.75) is 19.4 Å². The Morgan fingerprint density at radius 1 is 1.00 bits per heavy atom. The van der Waals surface area contributed by atoms with Crippen LogP contribution in [0, 0.1) is 6.92 Å². The fourth-order valence-corrected chi connectivity index (χ4v) is 3.62. The molecule has 6 nitrogen and oxygen atoms in total. The fraction of sp³-hybridized carbons (Fsp3) is 0.125. The summed E-state index contributed by atoms with van der Waals surface area (Å²) in [5, 5.41) is 9.43. The number of hydrogen-bond acceptors (Lipinski definition) is 4. The number of nitrogens with two attached hydrogens (primary N) is 1. The van der Waals surface area contributed by atoms with E-state index >= 15 is 0 Å². The van der Waals surface area contributed by atoms with Gasteiger partial charge in [0.1, 0.15) is 5.71 Å². The van der Waals surface area contributed by atoms with Crippen molar-refractivity contribution in [2.24, 2.45) is 10.8 Å². The molecule has 0 aromatic heterocycles. The number of nitrogens with zero attached hydrogens (tertiary/aromatic N) is 2. The molecule has 0 saturated heterocycles. The number of primary amides is 1. The van der Waals surface area contributed by atoms with Gasteiger partial charge >= 0.3 is 0 Å². The quantitative estimate of drug-likeness (QED) is 0.680. The fourth-order valence-electron chi connectivity index (χ4n) is 3.62. The van der Waals surface area contributed by atoms with Crippen LogP contribution in [0.25, 0.3) is 0 Å². The van der Waals surface area contributed by atoms with E-state index in [1.165, 1.54) is 0 Å². The molecule has 1 aliphatic rings. The number of hydrazone groups is 1. The number of amides is 2. The van der Waals surface area contributed by atoms with Crippen molar-refractivity contribution in [1.82, 2.24) is 0 Å². The van der Waals surface area contributed by atoms with E-state index in [2.05, 4.69) is 10.4 Å². The van der Waals surface area contributed by atoms with Gasteiger partial charge in [0.2, 0.25) is 5.91 Å². The highest BCUT2D eigenvalue weighted by Gasteiger charge is 2.32. The molecule has 1 unspecified atom stereocenters. The summed E-state index contributed by atoms with van der Waals surface area (Å²) < 4.78 is 0. The molecule has 1 heterocycles. The van der Waals surface area contributed by atoms with E-state index < -0.39 is 5.91 Å². The van der Waals surface area contributed by atoms with Gasteiger partial charge in [-0.2, -0.15) is 5.10 Å². The minimum Gasteiger partial charge on any atom is -0.366 e. The van der Waals surface area contributed by atoms with Crippen molar-refractivity contribution in [3.63, 3.8) is 0 Å². The highest BCUT2D eigenvalue weighted by atomic mass is 16.2. The first kappa shape index (κ1) is 19.4. The maximum Gasteiger partial charge on any atom is 0.271 e. The summed E-state index contributed by atoms with van der Waals surface area (Å²) in [6.07, 6.45) is 0.489. The molecule has 0 fully saturated rings. The van der Waals surface area contributed by atoms with Gasteiger partial charge in [-0.3, -0.25) is 14.6 Å². The third-order valence-electron chi connectivity index (χ3n) is 5.13. The van der Waals surface area contributed by atoms with E-state index in [1.807, 2.05) is 65.7 Å². The number of carbonyl (C=O) groups excluding carboxylic acids is 2. The van der Waals surface area contributed by atoms with Gasteiger partial charge in [0.25, 0.3) is 5.91 Å². The molecular weight excluding hydrogens is 376 g/mol. The monoisotopic (exact) mass is 398 g/mol. The zero-order valence-corrected chi connectivity index (χ0v) is 16.6. The maximum absolute atomic E-state index is 12.9. The lowest BCUT2D eigenvalue weighted by molar-refractivity contribution is -0.110. The standard InChI is InChI=1S/C24H22N4O2/c1-16-14-18(12-13-20(16)23(25)29)26-24(30)21-15-22(17-8-4-2-5-9-17)28(27-21)19-10-6-3-7-11-19/h2-14,22H,15H2,1H3,(H2,25,29)(H,26,30). The lowest BCUT2D eigenvalue weighted by atomic mass is 10.0. The van der Waals surface area contributed by atoms with Crippen LogP contribution in [0.15, 0.2) is 84.0 Å². The van der Waals surface area contributed by atoms with Crippen molar-refractivity contribution in [3.8, 4) is 0 Å². The molecule has 0 bridgehead atoms. The molecule has 3 aromatic rings. The first-order valence-corrected chi connectivity index (χ1v) is 9.71. The number of aryl methyl sites for hydroxylation is 1. The van der Waals surface area contributed by atoms with E-state index in [4.69, 9.17) is 5.73 Å². The smallest absolute Gasteiger partial charge is 0.271 e. The van der Waals surface area contributed by atoms with Crippen molar-refractivity contribution in [3.05, 3.63) is 95.6 Å². The van der Waals surface area contributed by atoms with Crippen LogP contribution in [0.2, 0.25) is 0 Å². The van der Waals surface area contributed by atoms with Crippen molar-refractivity contribution in [1.29, 1.82) is 0 Å². The highest BCUT2D eigenvalue weighted by Crippen LogP contribution is 2.35. The number of nitrogens with one attached hydrogen (secondary N) is 1. The number of anilines is 2. The Hall–Kier alpha value is -3.93. The first-order valence-electron chi connectivity index (χ1n) is 9.71. The van der Waals surface area contributed by atoms with E-state index in [9.17, 15) is 9.59 Å². The Morgan fingerprint density at radius 2 is 1.67 bits per heavy atom. The molecule has 0 aliphatic carbocycles. The lowest BCUT2D eigenvalue weighted by Crippen LogP contribution is -2.22. The van der Waals surface area contributed by atoms with Crippen LogP contribution in [0.4, 0.5) is 11.4 Å². The first-order chi connectivity index (χ1) is 14.5. The maximum atomic E-state index is 12.9. The van der Waals surface area contributed by atoms with E-state index in [1.54, 1.807) is 25.1 Å². The number of rotatable bonds is 5. The van der Waals surface area contributed by atoms with Crippen LogP contribution >= 0.6 is 0 Å². The van der Waals surface area contributed by atoms with Crippen LogP contribution in [0.1, 0.15) is 33.9 Å². The number of benzene rings is 3. The summed E-state index contributed by atoms with van der Waals surface area (Å²) in [4.78, 5) is 24.4. The van der Waals surface area contributed by atoms with Gasteiger partial charge in [-0.15, -0.1) is 0 Å². The summed E-state index contributed by atoms with van der Waals surface area (Å²) in [7, 11) is 0. The van der Waals surface area contributed by atoms with Crippen molar-refractivity contribution in [2.75, 3.05) is 10.3 Å². The van der Waals surface area contributed by atoms with E-state index in [0.29, 0.717) is 28.9 Å². The summed E-state index contributed by atoms with van der Waals surface area (Å²) in [5.41, 5.74) is 9.57. The van der Waals surface area contributed by atoms with Gasteiger partial charge in [0.05, 0.1) is 11.7 Å². The molecule has 1 atom stereocenters. The SMILES string of the molecule is Cc1cc(NC(=O)C2=NN(c3ccccc3)C(c3ccccc3)C2)ccc1C(N)=O. The number of carbonyl (C=O) groups is 2. The Kier molecular flexibility index (Phi) is 5.30. The van der Waals surface area contributed by atoms with Gasteiger partial charge < -0.3 is 11.1 Å². The zero-order valence-electron chi connectivity index (χ0n) is 16.6. The molecule has 3 aromatic carbocycles. The minimum atomic E-state index is -0.491. The molecule has 150 valence electrons. The second kappa shape index (κ2) is 8.21. The molecule has 1 aliphatic heterocycles. The van der Waals surface area contributed by atoms with Crippen LogP contribution in [-0.2, 0) is 4.79 Å². The minimum absolute atomic E-state index is 0.0617. The number of para-hydroxylation sites is 1. The zero-order chi connectivity index (χ0) is 21.1. The molecular formula is C24H22N4O2. The third kappa shape index (κ3) is 3.93. The van der Waals surface area contributed by atoms with Crippen LogP contribution in [0.3, 0.4) is 0 Å². The Balaban J connectivity index is 1.59. The van der Waals surface area contributed by atoms with Crippen LogP contribution in [-0.4, -0.2) is 17.5 Å². The number of hydrogen-bond donors (Lipinski definition) is 2. The van der Waals surface area contributed by atoms with Gasteiger partial charge in [-0.25, -0.2) is 0 Å². The van der Waals surface area contributed by atoms with Gasteiger partial charge in [-0.05, 0) is 48.4 Å². The molecule has 30 heavy (non-hydrogen) atoms. The predicted molar refractivity (Wildman–Crippen MR) is 118 cm³/mol.